The molecule has 236 valence electrons. The number of piperidine rings is 1. The number of benzene rings is 2. The second-order valence-corrected chi connectivity index (χ2v) is 13.2. The number of primary amides is 1. The van der Waals surface area contributed by atoms with Gasteiger partial charge in [0.05, 0.1) is 6.04 Å². The van der Waals surface area contributed by atoms with Crippen molar-refractivity contribution in [1.29, 1.82) is 0 Å². The van der Waals surface area contributed by atoms with E-state index in [1.54, 1.807) is 17.0 Å². The van der Waals surface area contributed by atoms with Crippen LogP contribution in [-0.4, -0.2) is 71.8 Å². The molecule has 2 aliphatic rings. The van der Waals surface area contributed by atoms with Gasteiger partial charge in [-0.25, -0.2) is 4.79 Å². The highest BCUT2D eigenvalue weighted by atomic mass is 19.4. The van der Waals surface area contributed by atoms with E-state index in [4.69, 9.17) is 5.73 Å². The lowest BCUT2D eigenvalue weighted by molar-refractivity contribution is -0.274. The number of urea groups is 1. The Labute approximate surface area is 253 Å². The number of halogens is 3. The maximum Gasteiger partial charge on any atom is 0.573 e. The molecular formula is C33H45F3N4O3. The van der Waals surface area contributed by atoms with E-state index in [2.05, 4.69) is 56.4 Å². The summed E-state index contributed by atoms with van der Waals surface area (Å²) in [7, 11) is 0. The molecule has 7 nitrogen and oxygen atoms in total. The number of nitrogens with two attached hydrogens (primary N) is 1. The van der Waals surface area contributed by atoms with Crippen LogP contribution in [0.5, 0.6) is 5.75 Å². The maximum absolute atomic E-state index is 13.7. The smallest absolute Gasteiger partial charge is 0.406 e. The van der Waals surface area contributed by atoms with E-state index < -0.39 is 12.4 Å². The van der Waals surface area contributed by atoms with Crippen molar-refractivity contribution >= 4 is 11.9 Å². The number of rotatable bonds is 7. The highest BCUT2D eigenvalue weighted by molar-refractivity contribution is 5.77. The Hall–Kier alpha value is -3.27. The molecule has 43 heavy (non-hydrogen) atoms. The van der Waals surface area contributed by atoms with Gasteiger partial charge in [0.25, 0.3) is 0 Å². The molecule has 2 aliphatic heterocycles. The van der Waals surface area contributed by atoms with Crippen molar-refractivity contribution in [2.24, 2.45) is 17.1 Å². The maximum atomic E-state index is 13.7. The Kier molecular flexibility index (Phi) is 9.99. The number of ether oxygens (including phenoxy) is 1. The van der Waals surface area contributed by atoms with Gasteiger partial charge in [0.15, 0.2) is 0 Å². The van der Waals surface area contributed by atoms with E-state index in [9.17, 15) is 22.8 Å². The molecule has 4 rings (SSSR count). The molecule has 0 radical (unpaired) electrons. The minimum absolute atomic E-state index is 0.0685. The Morgan fingerprint density at radius 1 is 0.930 bits per heavy atom. The van der Waals surface area contributed by atoms with Crippen LogP contribution in [-0.2, 0) is 4.79 Å². The zero-order valence-corrected chi connectivity index (χ0v) is 25.9. The zero-order valence-electron chi connectivity index (χ0n) is 25.9. The van der Waals surface area contributed by atoms with Crippen LogP contribution in [0.25, 0.3) is 0 Å². The third-order valence-corrected chi connectivity index (χ3v) is 8.83. The van der Waals surface area contributed by atoms with Crippen LogP contribution < -0.4 is 10.5 Å². The quantitative estimate of drug-likeness (QED) is 0.391. The van der Waals surface area contributed by atoms with Crippen molar-refractivity contribution in [3.8, 4) is 5.75 Å². The molecule has 2 fully saturated rings. The summed E-state index contributed by atoms with van der Waals surface area (Å²) >= 11 is 0. The minimum atomic E-state index is -4.76. The van der Waals surface area contributed by atoms with Crippen LogP contribution in [0.1, 0.15) is 82.5 Å². The van der Waals surface area contributed by atoms with Crippen LogP contribution in [0.4, 0.5) is 18.0 Å². The van der Waals surface area contributed by atoms with Gasteiger partial charge < -0.3 is 20.3 Å². The number of hydrogen-bond acceptors (Lipinski definition) is 4. The lowest BCUT2D eigenvalue weighted by Gasteiger charge is -2.50. The van der Waals surface area contributed by atoms with E-state index >= 15 is 0 Å². The van der Waals surface area contributed by atoms with Crippen LogP contribution in [0.2, 0.25) is 0 Å². The second kappa shape index (κ2) is 13.2. The molecule has 2 aromatic rings. The summed E-state index contributed by atoms with van der Waals surface area (Å²) in [5.41, 5.74) is 8.38. The van der Waals surface area contributed by atoms with E-state index in [-0.39, 0.29) is 41.0 Å². The molecule has 2 heterocycles. The average Bonchev–Trinajstić information content (AvgIpc) is 2.93. The number of amides is 3. The normalized spacial score (nSPS) is 19.9. The molecule has 2 aromatic carbocycles. The molecule has 0 spiro atoms. The van der Waals surface area contributed by atoms with Gasteiger partial charge in [-0.1, -0.05) is 71.0 Å². The molecule has 0 saturated carbocycles. The van der Waals surface area contributed by atoms with Crippen molar-refractivity contribution < 1.29 is 27.5 Å². The Bertz CT molecular complexity index is 1250. The summed E-state index contributed by atoms with van der Waals surface area (Å²) in [6.45, 7) is 13.7. The molecule has 1 unspecified atom stereocenters. The third kappa shape index (κ3) is 8.22. The highest BCUT2D eigenvalue weighted by Gasteiger charge is 2.41. The average molecular weight is 603 g/mol. The summed E-state index contributed by atoms with van der Waals surface area (Å²) in [4.78, 5) is 31.3. The molecule has 0 aliphatic carbocycles. The third-order valence-electron chi connectivity index (χ3n) is 8.83. The van der Waals surface area contributed by atoms with E-state index in [0.29, 0.717) is 39.1 Å². The van der Waals surface area contributed by atoms with Gasteiger partial charge in [-0.2, -0.15) is 0 Å². The summed E-state index contributed by atoms with van der Waals surface area (Å²) < 4.78 is 42.8. The van der Waals surface area contributed by atoms with Gasteiger partial charge >= 0.3 is 12.4 Å². The summed E-state index contributed by atoms with van der Waals surface area (Å²) in [6.07, 6.45) is -2.79. The SMILES string of the molecule is CC(C)c1ccccc1C(c1ccc(OC(F)(F)F)cc1)N1CCN(C(=O)CC2CCN(C(N)=O)CC2)[C@@H](C(C)(C)C)C1. The van der Waals surface area contributed by atoms with Crippen LogP contribution in [0.15, 0.2) is 48.5 Å². The number of nitrogens with zero attached hydrogens (tertiary/aromatic N) is 3. The fraction of sp³-hybridized carbons (Fsp3) is 0.576. The molecular weight excluding hydrogens is 557 g/mol. The second-order valence-electron chi connectivity index (χ2n) is 13.2. The monoisotopic (exact) mass is 602 g/mol. The van der Waals surface area contributed by atoms with Gasteiger partial charge in [0.2, 0.25) is 5.91 Å². The largest absolute Gasteiger partial charge is 0.573 e. The van der Waals surface area contributed by atoms with Gasteiger partial charge in [0, 0.05) is 45.2 Å². The number of piperazine rings is 1. The van der Waals surface area contributed by atoms with Gasteiger partial charge in [0.1, 0.15) is 5.75 Å². The van der Waals surface area contributed by atoms with Crippen molar-refractivity contribution in [2.75, 3.05) is 32.7 Å². The van der Waals surface area contributed by atoms with E-state index in [1.165, 1.54) is 17.7 Å². The molecule has 0 bridgehead atoms. The molecule has 10 heteroatoms. The highest BCUT2D eigenvalue weighted by Crippen LogP contribution is 2.39. The number of carbonyl (C=O) groups excluding carboxylic acids is 2. The molecule has 2 atom stereocenters. The van der Waals surface area contributed by atoms with E-state index in [1.807, 2.05) is 17.0 Å². The van der Waals surface area contributed by atoms with Gasteiger partial charge in [-0.05, 0) is 58.9 Å². The number of carbonyl (C=O) groups is 2. The van der Waals surface area contributed by atoms with Crippen molar-refractivity contribution in [2.45, 2.75) is 78.2 Å². The minimum Gasteiger partial charge on any atom is -0.406 e. The van der Waals surface area contributed by atoms with Crippen LogP contribution in [0, 0.1) is 11.3 Å². The van der Waals surface area contributed by atoms with Crippen molar-refractivity contribution in [1.82, 2.24) is 14.7 Å². The van der Waals surface area contributed by atoms with E-state index in [0.717, 1.165) is 24.0 Å². The molecule has 2 N–H and O–H groups in total. The first-order chi connectivity index (χ1) is 20.1. The van der Waals surface area contributed by atoms with Crippen molar-refractivity contribution in [3.05, 3.63) is 65.2 Å². The predicted molar refractivity (Wildman–Crippen MR) is 161 cm³/mol. The summed E-state index contributed by atoms with van der Waals surface area (Å²) in [5.74, 6) is 0.334. The lowest BCUT2D eigenvalue weighted by atomic mass is 9.81. The Morgan fingerprint density at radius 3 is 2.07 bits per heavy atom. The van der Waals surface area contributed by atoms with Crippen LogP contribution >= 0.6 is 0 Å². The van der Waals surface area contributed by atoms with Crippen LogP contribution in [0.3, 0.4) is 0 Å². The standard InChI is InChI=1S/C33H45F3N4O3/c1-22(2)26-8-6-7-9-27(26)30(24-10-12-25(13-11-24)43-33(34,35)36)39-18-19-40(28(21-39)32(3,4)5)29(41)20-23-14-16-38(17-15-23)31(37)42/h6-13,22-23,28,30H,14-21H2,1-5H3,(H2,37,42)/t28-,30?/m1/s1. The van der Waals surface area contributed by atoms with Gasteiger partial charge in [-0.15, -0.1) is 13.2 Å². The van der Waals surface area contributed by atoms with Gasteiger partial charge in [-0.3, -0.25) is 9.69 Å². The Balaban J connectivity index is 1.61. The fourth-order valence-electron chi connectivity index (χ4n) is 6.52. The predicted octanol–water partition coefficient (Wildman–Crippen LogP) is 6.54. The first-order valence-corrected chi connectivity index (χ1v) is 15.2. The number of likely N-dealkylation sites (tertiary alicyclic amines) is 1. The zero-order chi connectivity index (χ0) is 31.5. The molecule has 0 aromatic heterocycles. The first kappa shape index (κ1) is 32.6. The summed E-state index contributed by atoms with van der Waals surface area (Å²) in [6, 6.07) is 13.7. The van der Waals surface area contributed by atoms with Crippen molar-refractivity contribution in [3.63, 3.8) is 0 Å². The lowest BCUT2D eigenvalue weighted by Crippen LogP contribution is -2.60. The molecule has 2 saturated heterocycles. The topological polar surface area (TPSA) is 79.1 Å². The fourth-order valence-corrected chi connectivity index (χ4v) is 6.52. The number of hydrogen-bond donors (Lipinski definition) is 1. The molecule has 3 amide bonds. The summed E-state index contributed by atoms with van der Waals surface area (Å²) in [5, 5.41) is 0. The Morgan fingerprint density at radius 2 is 1.53 bits per heavy atom. The first-order valence-electron chi connectivity index (χ1n) is 15.2. The number of alkyl halides is 3.